The van der Waals surface area contributed by atoms with Crippen molar-refractivity contribution in [2.24, 2.45) is 0 Å². The Kier molecular flexibility index (Phi) is 5.22. The molecule has 2 amide bonds. The van der Waals surface area contributed by atoms with E-state index >= 15 is 0 Å². The third-order valence-corrected chi connectivity index (χ3v) is 7.07. The average Bonchev–Trinajstić information content (AvgIpc) is 3.35. The zero-order chi connectivity index (χ0) is 21.4. The minimum Gasteiger partial charge on any atom is -0.321 e. The SMILES string of the molecule is O=C(Nc1ccccc1Cl)c1c(NC(=O)c2cccc3ccccc23)sc2c1CCC2. The number of rotatable bonds is 4. The van der Waals surface area contributed by atoms with Gasteiger partial charge in [-0.1, -0.05) is 60.1 Å². The van der Waals surface area contributed by atoms with E-state index in [2.05, 4.69) is 10.6 Å². The van der Waals surface area contributed by atoms with E-state index in [1.54, 1.807) is 12.1 Å². The van der Waals surface area contributed by atoms with Crippen LogP contribution in [-0.4, -0.2) is 11.8 Å². The predicted molar refractivity (Wildman–Crippen MR) is 128 cm³/mol. The van der Waals surface area contributed by atoms with Crippen LogP contribution in [0.2, 0.25) is 5.02 Å². The number of aryl methyl sites for hydroxylation is 1. The normalized spacial score (nSPS) is 12.5. The maximum atomic E-state index is 13.2. The van der Waals surface area contributed by atoms with Gasteiger partial charge < -0.3 is 10.6 Å². The molecular formula is C25H19ClN2O2S. The average molecular weight is 447 g/mol. The van der Waals surface area contributed by atoms with E-state index in [0.29, 0.717) is 26.8 Å². The lowest BCUT2D eigenvalue weighted by atomic mass is 10.0. The lowest BCUT2D eigenvalue weighted by Gasteiger charge is -2.11. The number of benzene rings is 3. The lowest BCUT2D eigenvalue weighted by molar-refractivity contribution is 0.102. The lowest BCUT2D eigenvalue weighted by Crippen LogP contribution is -2.18. The second kappa shape index (κ2) is 8.17. The summed E-state index contributed by atoms with van der Waals surface area (Å²) < 4.78 is 0. The van der Waals surface area contributed by atoms with Gasteiger partial charge in [0.25, 0.3) is 11.8 Å². The van der Waals surface area contributed by atoms with E-state index in [1.807, 2.05) is 54.6 Å². The highest BCUT2D eigenvalue weighted by Gasteiger charge is 2.28. The summed E-state index contributed by atoms with van der Waals surface area (Å²) in [5.74, 6) is -0.468. The predicted octanol–water partition coefficient (Wildman–Crippen LogP) is 6.55. The summed E-state index contributed by atoms with van der Waals surface area (Å²) in [5.41, 5.74) is 2.72. The highest BCUT2D eigenvalue weighted by atomic mass is 35.5. The van der Waals surface area contributed by atoms with Crippen molar-refractivity contribution >= 4 is 56.2 Å². The van der Waals surface area contributed by atoms with E-state index in [-0.39, 0.29) is 11.8 Å². The molecule has 4 aromatic rings. The Morgan fingerprint density at radius 3 is 2.48 bits per heavy atom. The van der Waals surface area contributed by atoms with Crippen molar-refractivity contribution in [3.8, 4) is 0 Å². The fraction of sp³-hybridized carbons (Fsp3) is 0.120. The fourth-order valence-electron chi connectivity index (χ4n) is 4.07. The van der Waals surface area contributed by atoms with Crippen LogP contribution in [0.1, 0.15) is 37.6 Å². The van der Waals surface area contributed by atoms with Crippen LogP contribution in [0.4, 0.5) is 10.7 Å². The van der Waals surface area contributed by atoms with E-state index in [0.717, 1.165) is 40.5 Å². The van der Waals surface area contributed by atoms with Gasteiger partial charge in [0.15, 0.2) is 0 Å². The number of para-hydroxylation sites is 1. The highest BCUT2D eigenvalue weighted by Crippen LogP contribution is 2.40. The summed E-state index contributed by atoms with van der Waals surface area (Å²) in [6, 6.07) is 20.6. The Hall–Kier alpha value is -3.15. The van der Waals surface area contributed by atoms with Crippen LogP contribution >= 0.6 is 22.9 Å². The molecule has 0 spiro atoms. The van der Waals surface area contributed by atoms with Crippen LogP contribution < -0.4 is 10.6 Å². The Labute approximate surface area is 188 Å². The smallest absolute Gasteiger partial charge is 0.258 e. The number of hydrogen-bond donors (Lipinski definition) is 2. The molecule has 154 valence electrons. The number of anilines is 2. The van der Waals surface area contributed by atoms with Crippen LogP contribution in [0.25, 0.3) is 10.8 Å². The molecule has 6 heteroatoms. The number of nitrogens with one attached hydrogen (secondary N) is 2. The second-order valence-electron chi connectivity index (χ2n) is 7.48. The first-order chi connectivity index (χ1) is 15.1. The van der Waals surface area contributed by atoms with Gasteiger partial charge in [0.1, 0.15) is 5.00 Å². The molecule has 1 aromatic heterocycles. The molecule has 1 aliphatic carbocycles. The van der Waals surface area contributed by atoms with Gasteiger partial charge in [-0.3, -0.25) is 9.59 Å². The molecule has 4 nitrogen and oxygen atoms in total. The van der Waals surface area contributed by atoms with E-state index in [9.17, 15) is 9.59 Å². The van der Waals surface area contributed by atoms with Crippen LogP contribution in [0, 0.1) is 0 Å². The summed E-state index contributed by atoms with van der Waals surface area (Å²) in [6.07, 6.45) is 2.78. The summed E-state index contributed by atoms with van der Waals surface area (Å²) in [5, 5.41) is 8.87. The van der Waals surface area contributed by atoms with Crippen LogP contribution in [0.15, 0.2) is 66.7 Å². The molecule has 0 bridgehead atoms. The molecule has 0 atom stereocenters. The summed E-state index contributed by atoms with van der Waals surface area (Å²) in [4.78, 5) is 27.6. The van der Waals surface area contributed by atoms with Crippen LogP contribution in [0.3, 0.4) is 0 Å². The quantitative estimate of drug-likeness (QED) is 0.373. The van der Waals surface area contributed by atoms with Crippen molar-refractivity contribution in [3.63, 3.8) is 0 Å². The van der Waals surface area contributed by atoms with Crippen molar-refractivity contribution in [2.45, 2.75) is 19.3 Å². The Balaban J connectivity index is 1.49. The summed E-state index contributed by atoms with van der Waals surface area (Å²) in [7, 11) is 0. The molecular weight excluding hydrogens is 428 g/mol. The molecule has 3 aromatic carbocycles. The Bertz CT molecular complexity index is 1320. The number of halogens is 1. The zero-order valence-corrected chi connectivity index (χ0v) is 18.1. The standard InChI is InChI=1S/C25H19ClN2O2S/c26-19-12-3-4-13-20(19)27-24(30)22-18-11-6-14-21(18)31-25(22)28-23(29)17-10-5-8-15-7-1-2-9-16(15)17/h1-5,7-10,12-13H,6,11,14H2,(H,27,30)(H,28,29). The van der Waals surface area contributed by atoms with Crippen molar-refractivity contribution in [1.82, 2.24) is 0 Å². The number of hydrogen-bond acceptors (Lipinski definition) is 3. The van der Waals surface area contributed by atoms with Gasteiger partial charge in [-0.15, -0.1) is 11.3 Å². The Morgan fingerprint density at radius 1 is 0.839 bits per heavy atom. The first-order valence-corrected chi connectivity index (χ1v) is 11.3. The van der Waals surface area contributed by atoms with Gasteiger partial charge in [0, 0.05) is 10.4 Å². The molecule has 0 aliphatic heterocycles. The third kappa shape index (κ3) is 3.71. The van der Waals surface area contributed by atoms with Crippen molar-refractivity contribution in [1.29, 1.82) is 0 Å². The monoisotopic (exact) mass is 446 g/mol. The second-order valence-corrected chi connectivity index (χ2v) is 8.99. The molecule has 0 saturated carbocycles. The number of thiophene rings is 1. The largest absolute Gasteiger partial charge is 0.321 e. The van der Waals surface area contributed by atoms with Gasteiger partial charge in [-0.05, 0) is 53.8 Å². The van der Waals surface area contributed by atoms with Crippen molar-refractivity contribution < 1.29 is 9.59 Å². The van der Waals surface area contributed by atoms with Gasteiger partial charge >= 0.3 is 0 Å². The van der Waals surface area contributed by atoms with Crippen molar-refractivity contribution in [2.75, 3.05) is 10.6 Å². The molecule has 0 fully saturated rings. The van der Waals surface area contributed by atoms with Gasteiger partial charge in [-0.2, -0.15) is 0 Å². The molecule has 1 heterocycles. The molecule has 5 rings (SSSR count). The molecule has 0 saturated heterocycles. The van der Waals surface area contributed by atoms with Gasteiger partial charge in [0.05, 0.1) is 16.3 Å². The fourth-order valence-corrected chi connectivity index (χ4v) is 5.54. The number of carbonyl (C=O) groups excluding carboxylic acids is 2. The zero-order valence-electron chi connectivity index (χ0n) is 16.6. The summed E-state index contributed by atoms with van der Waals surface area (Å²) >= 11 is 7.72. The molecule has 0 unspecified atom stereocenters. The maximum absolute atomic E-state index is 13.2. The minimum atomic E-state index is -0.249. The maximum Gasteiger partial charge on any atom is 0.258 e. The van der Waals surface area contributed by atoms with Crippen LogP contribution in [0.5, 0.6) is 0 Å². The summed E-state index contributed by atoms with van der Waals surface area (Å²) in [6.45, 7) is 0. The van der Waals surface area contributed by atoms with Gasteiger partial charge in [0.2, 0.25) is 0 Å². The Morgan fingerprint density at radius 2 is 1.61 bits per heavy atom. The number of carbonyl (C=O) groups is 2. The highest BCUT2D eigenvalue weighted by molar-refractivity contribution is 7.17. The number of amides is 2. The molecule has 1 aliphatic rings. The first-order valence-electron chi connectivity index (χ1n) is 10.1. The van der Waals surface area contributed by atoms with E-state index in [1.165, 1.54) is 11.3 Å². The van der Waals surface area contributed by atoms with E-state index in [4.69, 9.17) is 11.6 Å². The van der Waals surface area contributed by atoms with Crippen molar-refractivity contribution in [3.05, 3.63) is 93.3 Å². The molecule has 0 radical (unpaired) electrons. The third-order valence-electron chi connectivity index (χ3n) is 5.53. The first kappa shape index (κ1) is 19.8. The van der Waals surface area contributed by atoms with E-state index < -0.39 is 0 Å². The number of fused-ring (bicyclic) bond motifs is 2. The van der Waals surface area contributed by atoms with Gasteiger partial charge in [-0.25, -0.2) is 0 Å². The minimum absolute atomic E-state index is 0.219. The molecule has 31 heavy (non-hydrogen) atoms. The topological polar surface area (TPSA) is 58.2 Å². The molecule has 2 N–H and O–H groups in total. The van der Waals surface area contributed by atoms with Crippen LogP contribution in [-0.2, 0) is 12.8 Å².